The van der Waals surface area contributed by atoms with Crippen molar-refractivity contribution in [3.8, 4) is 11.4 Å². The van der Waals surface area contributed by atoms with Crippen molar-refractivity contribution in [2.45, 2.75) is 13.5 Å². The lowest BCUT2D eigenvalue weighted by molar-refractivity contribution is 0.0988. The molecular weight excluding hydrogens is 345 g/mol. The monoisotopic (exact) mass is 359 g/mol. The molecule has 6 heteroatoms. The van der Waals surface area contributed by atoms with Crippen LogP contribution < -0.4 is 4.90 Å². The Bertz CT molecular complexity index is 1210. The Kier molecular flexibility index (Phi) is 3.33. The van der Waals surface area contributed by atoms with Crippen molar-refractivity contribution in [2.75, 3.05) is 4.90 Å². The molecule has 1 amide bonds. The fourth-order valence-electron chi connectivity index (χ4n) is 3.44. The number of aryl methyl sites for hydroxylation is 1. The highest BCUT2D eigenvalue weighted by Gasteiger charge is 2.30. The van der Waals surface area contributed by atoms with Gasteiger partial charge >= 0.3 is 0 Å². The SMILES string of the molecule is Cc1ccc(-c2noc(CN3C(=O)c4cccc5cccc3c45)n2)cc1F. The zero-order chi connectivity index (χ0) is 18.5. The number of carbonyl (C=O) groups excluding carboxylic acids is 1. The Morgan fingerprint density at radius 2 is 1.93 bits per heavy atom. The largest absolute Gasteiger partial charge is 0.337 e. The number of rotatable bonds is 3. The molecule has 0 fully saturated rings. The molecule has 3 aromatic carbocycles. The van der Waals surface area contributed by atoms with Gasteiger partial charge in [0.1, 0.15) is 12.4 Å². The Labute approximate surface area is 154 Å². The molecule has 0 saturated carbocycles. The number of anilines is 1. The minimum Gasteiger partial charge on any atom is -0.337 e. The molecular formula is C21H14FN3O2. The van der Waals surface area contributed by atoms with Gasteiger partial charge in [-0.15, -0.1) is 0 Å². The third-order valence-electron chi connectivity index (χ3n) is 4.84. The Morgan fingerprint density at radius 1 is 1.11 bits per heavy atom. The first-order chi connectivity index (χ1) is 13.1. The second-order valence-corrected chi connectivity index (χ2v) is 6.55. The first-order valence-electron chi connectivity index (χ1n) is 8.54. The molecule has 2 heterocycles. The second-order valence-electron chi connectivity index (χ2n) is 6.55. The van der Waals surface area contributed by atoms with Crippen LogP contribution in [0.4, 0.5) is 10.1 Å². The number of aromatic nitrogens is 2. The summed E-state index contributed by atoms with van der Waals surface area (Å²) in [5.41, 5.74) is 2.58. The van der Waals surface area contributed by atoms with Gasteiger partial charge in [-0.25, -0.2) is 4.39 Å². The fourth-order valence-corrected chi connectivity index (χ4v) is 3.44. The van der Waals surface area contributed by atoms with Crippen molar-refractivity contribution in [3.63, 3.8) is 0 Å². The lowest BCUT2D eigenvalue weighted by atomic mass is 10.1. The van der Waals surface area contributed by atoms with E-state index in [1.807, 2.05) is 36.4 Å². The van der Waals surface area contributed by atoms with Crippen LogP contribution in [-0.4, -0.2) is 16.0 Å². The minimum absolute atomic E-state index is 0.0945. The van der Waals surface area contributed by atoms with E-state index in [1.165, 1.54) is 6.07 Å². The van der Waals surface area contributed by atoms with E-state index >= 15 is 0 Å². The summed E-state index contributed by atoms with van der Waals surface area (Å²) in [5.74, 6) is 0.175. The number of carbonyl (C=O) groups is 1. The molecule has 0 unspecified atom stereocenters. The maximum absolute atomic E-state index is 13.8. The van der Waals surface area contributed by atoms with Gasteiger partial charge in [0.25, 0.3) is 5.91 Å². The van der Waals surface area contributed by atoms with Crippen LogP contribution in [-0.2, 0) is 6.54 Å². The van der Waals surface area contributed by atoms with Gasteiger partial charge in [0.05, 0.1) is 5.69 Å². The first-order valence-corrected chi connectivity index (χ1v) is 8.54. The van der Waals surface area contributed by atoms with Crippen LogP contribution in [0.1, 0.15) is 21.8 Å². The molecule has 132 valence electrons. The number of hydrogen-bond donors (Lipinski definition) is 0. The van der Waals surface area contributed by atoms with Crippen molar-refractivity contribution < 1.29 is 13.7 Å². The number of nitrogens with zero attached hydrogens (tertiary/aromatic N) is 3. The van der Waals surface area contributed by atoms with E-state index in [4.69, 9.17) is 4.52 Å². The molecule has 0 spiro atoms. The fraction of sp³-hybridized carbons (Fsp3) is 0.0952. The summed E-state index contributed by atoms with van der Waals surface area (Å²) in [4.78, 5) is 18.8. The van der Waals surface area contributed by atoms with Crippen molar-refractivity contribution >= 4 is 22.4 Å². The molecule has 0 bridgehead atoms. The summed E-state index contributed by atoms with van der Waals surface area (Å²) in [7, 11) is 0. The Hall–Kier alpha value is -3.54. The van der Waals surface area contributed by atoms with Crippen LogP contribution in [0.15, 0.2) is 59.1 Å². The lowest BCUT2D eigenvalue weighted by Gasteiger charge is -2.14. The Balaban J connectivity index is 1.49. The maximum Gasteiger partial charge on any atom is 0.259 e. The van der Waals surface area contributed by atoms with Crippen molar-refractivity contribution in [1.29, 1.82) is 0 Å². The summed E-state index contributed by atoms with van der Waals surface area (Å²) in [6, 6.07) is 16.3. The summed E-state index contributed by atoms with van der Waals surface area (Å²) in [6.07, 6.45) is 0. The number of amides is 1. The highest BCUT2D eigenvalue weighted by Crippen LogP contribution is 2.37. The molecule has 4 aromatic rings. The van der Waals surface area contributed by atoms with Crippen molar-refractivity contribution in [3.05, 3.63) is 77.4 Å². The summed E-state index contributed by atoms with van der Waals surface area (Å²) in [6.45, 7) is 1.85. The van der Waals surface area contributed by atoms with Crippen molar-refractivity contribution in [2.24, 2.45) is 0 Å². The van der Waals surface area contributed by atoms with Gasteiger partial charge in [-0.2, -0.15) is 4.98 Å². The maximum atomic E-state index is 13.8. The molecule has 1 aliphatic heterocycles. The van der Waals surface area contributed by atoms with E-state index in [-0.39, 0.29) is 18.3 Å². The van der Waals surface area contributed by atoms with Gasteiger partial charge in [0.2, 0.25) is 11.7 Å². The van der Waals surface area contributed by atoms with Crippen LogP contribution in [0.5, 0.6) is 0 Å². The van der Waals surface area contributed by atoms with Crippen LogP contribution in [0, 0.1) is 12.7 Å². The molecule has 0 radical (unpaired) electrons. The Morgan fingerprint density at radius 3 is 2.74 bits per heavy atom. The normalized spacial score (nSPS) is 13.0. The summed E-state index contributed by atoms with van der Waals surface area (Å²) >= 11 is 0. The molecule has 5 rings (SSSR count). The molecule has 0 aliphatic carbocycles. The van der Waals surface area contributed by atoms with Gasteiger partial charge in [-0.05, 0) is 36.1 Å². The van der Waals surface area contributed by atoms with Crippen LogP contribution in [0.3, 0.4) is 0 Å². The highest BCUT2D eigenvalue weighted by molar-refractivity contribution is 6.24. The standard InChI is InChI=1S/C21H14FN3O2/c1-12-8-9-14(10-16(12)22)20-23-18(27-24-20)11-25-17-7-3-5-13-4-2-6-15(19(13)17)21(25)26/h2-10H,11H2,1H3. The highest BCUT2D eigenvalue weighted by atomic mass is 19.1. The lowest BCUT2D eigenvalue weighted by Crippen LogP contribution is -2.26. The van der Waals surface area contributed by atoms with E-state index in [1.54, 1.807) is 24.0 Å². The third kappa shape index (κ3) is 2.41. The molecule has 0 saturated heterocycles. The molecule has 5 nitrogen and oxygen atoms in total. The van der Waals surface area contributed by atoms with Gasteiger partial charge in [-0.3, -0.25) is 9.69 Å². The minimum atomic E-state index is -0.323. The quantitative estimate of drug-likeness (QED) is 0.540. The molecule has 27 heavy (non-hydrogen) atoms. The van der Waals surface area contributed by atoms with Crippen LogP contribution >= 0.6 is 0 Å². The van der Waals surface area contributed by atoms with E-state index in [2.05, 4.69) is 10.1 Å². The van der Waals surface area contributed by atoms with E-state index in [0.717, 1.165) is 16.5 Å². The smallest absolute Gasteiger partial charge is 0.259 e. The predicted molar refractivity (Wildman–Crippen MR) is 98.9 cm³/mol. The zero-order valence-electron chi connectivity index (χ0n) is 14.4. The van der Waals surface area contributed by atoms with Gasteiger partial charge in [0.15, 0.2) is 0 Å². The topological polar surface area (TPSA) is 59.2 Å². The predicted octanol–water partition coefficient (Wildman–Crippen LogP) is 4.50. The van der Waals surface area contributed by atoms with Crippen LogP contribution in [0.25, 0.3) is 22.2 Å². The van der Waals surface area contributed by atoms with Crippen molar-refractivity contribution in [1.82, 2.24) is 10.1 Å². The van der Waals surface area contributed by atoms with E-state index < -0.39 is 0 Å². The van der Waals surface area contributed by atoms with E-state index in [0.29, 0.717) is 28.4 Å². The van der Waals surface area contributed by atoms with Gasteiger partial charge in [0, 0.05) is 16.5 Å². The third-order valence-corrected chi connectivity index (χ3v) is 4.84. The second kappa shape index (κ2) is 5.74. The van der Waals surface area contributed by atoms with Gasteiger partial charge in [-0.1, -0.05) is 41.6 Å². The molecule has 0 atom stereocenters. The summed E-state index contributed by atoms with van der Waals surface area (Å²) in [5, 5.41) is 5.88. The number of halogens is 1. The summed E-state index contributed by atoms with van der Waals surface area (Å²) < 4.78 is 19.1. The molecule has 1 aliphatic rings. The first kappa shape index (κ1) is 15.7. The molecule has 0 N–H and O–H groups in total. The van der Waals surface area contributed by atoms with Gasteiger partial charge < -0.3 is 4.52 Å². The average Bonchev–Trinajstić information content (AvgIpc) is 3.25. The van der Waals surface area contributed by atoms with Crippen LogP contribution in [0.2, 0.25) is 0 Å². The van der Waals surface area contributed by atoms with E-state index in [9.17, 15) is 9.18 Å². The average molecular weight is 359 g/mol. The molecule has 1 aromatic heterocycles. The zero-order valence-corrected chi connectivity index (χ0v) is 14.4. The number of benzene rings is 3. The number of hydrogen-bond acceptors (Lipinski definition) is 4.